The Balaban J connectivity index is 1.06. The third kappa shape index (κ3) is 5.67. The largest absolute Gasteiger partial charge is 0.494 e. The van der Waals surface area contributed by atoms with Crippen LogP contribution in [0.15, 0.2) is 42.6 Å². The molecule has 7 rings (SSSR count). The SMILES string of the molecule is COc1cc(C(=O)O)cc2c1nc(CN1CCC(c3cccnc3OCc3ccc(C#N)c4c3OCC4)CC1)n2C[C@@H]1CCO1. The highest BCUT2D eigenvalue weighted by Crippen LogP contribution is 2.37. The van der Waals surface area contributed by atoms with Gasteiger partial charge in [-0.1, -0.05) is 12.1 Å². The van der Waals surface area contributed by atoms with Crippen LogP contribution in [0.4, 0.5) is 0 Å². The molecular weight excluding hydrogens is 574 g/mol. The number of rotatable bonds is 10. The zero-order valence-corrected chi connectivity index (χ0v) is 25.2. The van der Waals surface area contributed by atoms with Gasteiger partial charge in [-0.2, -0.15) is 5.26 Å². The predicted octanol–water partition coefficient (Wildman–Crippen LogP) is 4.69. The Labute approximate surface area is 260 Å². The molecule has 1 atom stereocenters. The zero-order valence-electron chi connectivity index (χ0n) is 25.2. The zero-order chi connectivity index (χ0) is 30.9. The first-order valence-corrected chi connectivity index (χ1v) is 15.4. The molecule has 0 saturated carbocycles. The lowest BCUT2D eigenvalue weighted by atomic mass is 9.90. The number of hydrogen-bond acceptors (Lipinski definition) is 9. The number of piperidine rings is 1. The number of aromatic nitrogens is 3. The van der Waals surface area contributed by atoms with Gasteiger partial charge in [-0.05, 0) is 62.5 Å². The number of likely N-dealkylation sites (tertiary alicyclic amines) is 1. The number of carboxylic acids is 1. The van der Waals surface area contributed by atoms with E-state index in [0.717, 1.165) is 79.2 Å². The Morgan fingerprint density at radius 3 is 2.76 bits per heavy atom. The average molecular weight is 610 g/mol. The lowest BCUT2D eigenvalue weighted by Crippen LogP contribution is -2.35. The second kappa shape index (κ2) is 12.4. The van der Waals surface area contributed by atoms with E-state index in [2.05, 4.69) is 26.6 Å². The van der Waals surface area contributed by atoms with Gasteiger partial charge in [0.05, 0.1) is 55.6 Å². The molecule has 1 N–H and O–H groups in total. The fourth-order valence-electron chi connectivity index (χ4n) is 6.64. The average Bonchev–Trinajstić information content (AvgIpc) is 3.67. The first kappa shape index (κ1) is 29.1. The molecule has 0 aliphatic carbocycles. The monoisotopic (exact) mass is 609 g/mol. The number of nitrogens with zero attached hydrogens (tertiary/aromatic N) is 5. The van der Waals surface area contributed by atoms with Gasteiger partial charge in [0.15, 0.2) is 0 Å². The number of pyridine rings is 1. The summed E-state index contributed by atoms with van der Waals surface area (Å²) in [6.07, 6.45) is 5.43. The van der Waals surface area contributed by atoms with Crippen LogP contribution in [0.3, 0.4) is 0 Å². The lowest BCUT2D eigenvalue weighted by molar-refractivity contribution is -0.0592. The normalized spacial score (nSPS) is 18.2. The molecule has 0 radical (unpaired) electrons. The number of aromatic carboxylic acids is 1. The Morgan fingerprint density at radius 2 is 2.02 bits per heavy atom. The van der Waals surface area contributed by atoms with Crippen LogP contribution < -0.4 is 14.2 Å². The Kier molecular flexibility index (Phi) is 8.00. The summed E-state index contributed by atoms with van der Waals surface area (Å²) < 4.78 is 25.5. The van der Waals surface area contributed by atoms with Gasteiger partial charge in [0.1, 0.15) is 29.4 Å². The molecule has 0 amide bonds. The predicted molar refractivity (Wildman–Crippen MR) is 164 cm³/mol. The summed E-state index contributed by atoms with van der Waals surface area (Å²) in [7, 11) is 1.54. The first-order chi connectivity index (χ1) is 22.0. The van der Waals surface area contributed by atoms with Crippen LogP contribution in [-0.2, 0) is 30.9 Å². The molecule has 2 saturated heterocycles. The van der Waals surface area contributed by atoms with Crippen molar-refractivity contribution < 1.29 is 28.8 Å². The highest BCUT2D eigenvalue weighted by Gasteiger charge is 2.28. The second-order valence-corrected chi connectivity index (χ2v) is 11.8. The molecule has 232 valence electrons. The van der Waals surface area contributed by atoms with Crippen molar-refractivity contribution in [2.45, 2.75) is 57.4 Å². The molecule has 11 heteroatoms. The third-order valence-corrected chi connectivity index (χ3v) is 9.16. The molecule has 4 aromatic rings. The van der Waals surface area contributed by atoms with Crippen LogP contribution in [0, 0.1) is 11.3 Å². The number of ether oxygens (including phenoxy) is 4. The number of carbonyl (C=O) groups is 1. The van der Waals surface area contributed by atoms with E-state index in [1.54, 1.807) is 19.4 Å². The maximum atomic E-state index is 11.8. The van der Waals surface area contributed by atoms with E-state index in [1.165, 1.54) is 6.07 Å². The van der Waals surface area contributed by atoms with Crippen molar-refractivity contribution in [3.63, 3.8) is 0 Å². The van der Waals surface area contributed by atoms with E-state index >= 15 is 0 Å². The summed E-state index contributed by atoms with van der Waals surface area (Å²) in [5.74, 6) is 2.04. The molecule has 2 aromatic carbocycles. The quantitative estimate of drug-likeness (QED) is 0.270. The third-order valence-electron chi connectivity index (χ3n) is 9.16. The maximum absolute atomic E-state index is 11.8. The Morgan fingerprint density at radius 1 is 1.18 bits per heavy atom. The van der Waals surface area contributed by atoms with Gasteiger partial charge in [0.2, 0.25) is 5.88 Å². The van der Waals surface area contributed by atoms with E-state index in [-0.39, 0.29) is 11.7 Å². The molecule has 5 heterocycles. The molecule has 0 bridgehead atoms. The highest BCUT2D eigenvalue weighted by molar-refractivity contribution is 5.95. The Hall–Kier alpha value is -4.66. The van der Waals surface area contributed by atoms with Crippen molar-refractivity contribution in [3.8, 4) is 23.4 Å². The van der Waals surface area contributed by atoms with Crippen LogP contribution in [0.2, 0.25) is 0 Å². The minimum Gasteiger partial charge on any atom is -0.494 e. The van der Waals surface area contributed by atoms with Gasteiger partial charge in [-0.25, -0.2) is 14.8 Å². The number of hydrogen-bond donors (Lipinski definition) is 1. The number of nitriles is 1. The van der Waals surface area contributed by atoms with E-state index in [0.29, 0.717) is 54.9 Å². The van der Waals surface area contributed by atoms with Crippen molar-refractivity contribution in [1.29, 1.82) is 5.26 Å². The molecule has 11 nitrogen and oxygen atoms in total. The number of methoxy groups -OCH3 is 1. The molecule has 3 aliphatic rings. The maximum Gasteiger partial charge on any atom is 0.335 e. The fraction of sp³-hybridized carbons (Fsp3) is 0.412. The Bertz CT molecular complexity index is 1780. The fourth-order valence-corrected chi connectivity index (χ4v) is 6.64. The molecule has 0 spiro atoms. The smallest absolute Gasteiger partial charge is 0.335 e. The lowest BCUT2D eigenvalue weighted by Gasteiger charge is -2.33. The summed E-state index contributed by atoms with van der Waals surface area (Å²) in [6, 6.07) is 13.3. The first-order valence-electron chi connectivity index (χ1n) is 15.4. The molecular formula is C34H35N5O6. The topological polar surface area (TPSA) is 132 Å². The van der Waals surface area contributed by atoms with Gasteiger partial charge in [0.25, 0.3) is 0 Å². The summed E-state index contributed by atoms with van der Waals surface area (Å²) in [5, 5.41) is 19.1. The van der Waals surface area contributed by atoms with Crippen LogP contribution >= 0.6 is 0 Å². The van der Waals surface area contributed by atoms with Crippen molar-refractivity contribution in [2.75, 3.05) is 33.4 Å². The van der Waals surface area contributed by atoms with Crippen molar-refractivity contribution >= 4 is 17.0 Å². The summed E-state index contributed by atoms with van der Waals surface area (Å²) >= 11 is 0. The van der Waals surface area contributed by atoms with Gasteiger partial charge in [0, 0.05) is 35.9 Å². The van der Waals surface area contributed by atoms with E-state index in [9.17, 15) is 15.2 Å². The second-order valence-electron chi connectivity index (χ2n) is 11.8. The summed E-state index contributed by atoms with van der Waals surface area (Å²) in [4.78, 5) is 23.8. The molecule has 2 aromatic heterocycles. The molecule has 0 unspecified atom stereocenters. The minimum absolute atomic E-state index is 0.0901. The van der Waals surface area contributed by atoms with Crippen LogP contribution in [-0.4, -0.2) is 70.0 Å². The van der Waals surface area contributed by atoms with E-state index < -0.39 is 5.97 Å². The minimum atomic E-state index is -1.00. The van der Waals surface area contributed by atoms with Gasteiger partial charge in [-0.3, -0.25) is 4.90 Å². The summed E-state index contributed by atoms with van der Waals surface area (Å²) in [5.41, 5.74) is 5.24. The van der Waals surface area contributed by atoms with Crippen molar-refractivity contribution in [3.05, 3.63) is 76.2 Å². The van der Waals surface area contributed by atoms with E-state index in [1.807, 2.05) is 18.2 Å². The number of imidazole rings is 1. The van der Waals surface area contributed by atoms with Gasteiger partial charge >= 0.3 is 5.97 Å². The number of fused-ring (bicyclic) bond motifs is 2. The van der Waals surface area contributed by atoms with Crippen molar-refractivity contribution in [2.24, 2.45) is 0 Å². The van der Waals surface area contributed by atoms with Crippen LogP contribution in [0.25, 0.3) is 11.0 Å². The molecule has 3 aliphatic heterocycles. The molecule has 2 fully saturated rings. The summed E-state index contributed by atoms with van der Waals surface area (Å²) in [6.45, 7) is 4.65. The van der Waals surface area contributed by atoms with E-state index in [4.69, 9.17) is 23.9 Å². The van der Waals surface area contributed by atoms with Gasteiger partial charge in [-0.15, -0.1) is 0 Å². The van der Waals surface area contributed by atoms with Gasteiger partial charge < -0.3 is 28.6 Å². The highest BCUT2D eigenvalue weighted by atomic mass is 16.5. The van der Waals surface area contributed by atoms with Crippen LogP contribution in [0.5, 0.6) is 17.4 Å². The number of benzene rings is 2. The van der Waals surface area contributed by atoms with Crippen molar-refractivity contribution in [1.82, 2.24) is 19.4 Å². The molecule has 45 heavy (non-hydrogen) atoms. The number of carboxylic acid groups (broad SMARTS) is 1. The van der Waals surface area contributed by atoms with Crippen LogP contribution in [0.1, 0.15) is 63.6 Å². The standard InChI is InChI=1S/C34H35N5O6/c1-42-29-16-24(34(40)41)15-28-31(29)37-30(39(28)18-25-8-13-43-25)19-38-11-6-21(7-12-38)27-3-2-10-36-33(27)45-20-23-5-4-22(17-35)26-9-14-44-32(23)26/h2-5,10,15-16,21,25H,6-9,11-14,18-20H2,1H3,(H,40,41)/t25-/m0/s1.